The van der Waals surface area contributed by atoms with Crippen molar-refractivity contribution >= 4 is 27.5 Å². The minimum Gasteiger partial charge on any atom is -0.447 e. The van der Waals surface area contributed by atoms with E-state index in [-0.39, 0.29) is 10.8 Å². The highest BCUT2D eigenvalue weighted by atomic mass is 32.2. The van der Waals surface area contributed by atoms with Crippen molar-refractivity contribution in [2.75, 3.05) is 22.8 Å². The lowest BCUT2D eigenvalue weighted by Gasteiger charge is -2.16. The Bertz CT molecular complexity index is 876. The van der Waals surface area contributed by atoms with Gasteiger partial charge in [-0.05, 0) is 41.8 Å². The second kappa shape index (κ2) is 6.76. The van der Waals surface area contributed by atoms with E-state index in [2.05, 4.69) is 4.72 Å². The molecule has 1 fully saturated rings. The molecule has 1 N–H and O–H groups in total. The number of para-hydroxylation sites is 1. The zero-order valence-electron chi connectivity index (χ0n) is 14.1. The van der Waals surface area contributed by atoms with Gasteiger partial charge in [-0.1, -0.05) is 32.0 Å². The highest BCUT2D eigenvalue weighted by molar-refractivity contribution is 7.92. The Morgan fingerprint density at radius 1 is 1.08 bits per heavy atom. The molecule has 0 atom stereocenters. The molecule has 25 heavy (non-hydrogen) atoms. The number of ether oxygens (including phenoxy) is 1. The lowest BCUT2D eigenvalue weighted by atomic mass is 10.0. The van der Waals surface area contributed by atoms with Crippen molar-refractivity contribution in [2.24, 2.45) is 0 Å². The fourth-order valence-electron chi connectivity index (χ4n) is 2.73. The van der Waals surface area contributed by atoms with E-state index in [4.69, 9.17) is 4.74 Å². The molecule has 132 valence electrons. The van der Waals surface area contributed by atoms with E-state index in [1.807, 2.05) is 26.0 Å². The van der Waals surface area contributed by atoms with E-state index >= 15 is 0 Å². The Hall–Kier alpha value is -2.54. The van der Waals surface area contributed by atoms with Gasteiger partial charge in [-0.25, -0.2) is 13.2 Å². The molecule has 0 saturated carbocycles. The van der Waals surface area contributed by atoms with Gasteiger partial charge in [-0.3, -0.25) is 9.62 Å². The molecular weight excluding hydrogens is 340 g/mol. The normalized spacial score (nSPS) is 14.7. The highest BCUT2D eigenvalue weighted by Gasteiger charge is 2.24. The Labute approximate surface area is 147 Å². The van der Waals surface area contributed by atoms with E-state index in [0.717, 1.165) is 5.56 Å². The summed E-state index contributed by atoms with van der Waals surface area (Å²) >= 11 is 0. The Kier molecular flexibility index (Phi) is 4.67. The number of carbonyl (C=O) groups is 1. The molecule has 0 radical (unpaired) electrons. The SMILES string of the molecule is CC(C)c1ccccc1NS(=O)(=O)c1ccc(N2CCOC2=O)cc1. The molecule has 0 aliphatic carbocycles. The molecule has 2 aromatic rings. The number of nitrogens with zero attached hydrogens (tertiary/aromatic N) is 1. The smallest absolute Gasteiger partial charge is 0.414 e. The zero-order chi connectivity index (χ0) is 18.0. The van der Waals surface area contributed by atoms with Gasteiger partial charge in [-0.2, -0.15) is 0 Å². The molecule has 0 bridgehead atoms. The van der Waals surface area contributed by atoms with Crippen molar-refractivity contribution in [2.45, 2.75) is 24.7 Å². The number of hydrogen-bond acceptors (Lipinski definition) is 4. The van der Waals surface area contributed by atoms with Gasteiger partial charge in [0, 0.05) is 5.69 Å². The molecule has 0 unspecified atom stereocenters. The first kappa shape index (κ1) is 17.3. The summed E-state index contributed by atoms with van der Waals surface area (Å²) in [5, 5.41) is 0. The monoisotopic (exact) mass is 360 g/mol. The van der Waals surface area contributed by atoms with Crippen molar-refractivity contribution in [1.82, 2.24) is 0 Å². The Balaban J connectivity index is 1.84. The first-order valence-electron chi connectivity index (χ1n) is 8.04. The third-order valence-corrected chi connectivity index (χ3v) is 5.43. The zero-order valence-corrected chi connectivity index (χ0v) is 14.9. The van der Waals surface area contributed by atoms with Crippen LogP contribution in [0.3, 0.4) is 0 Å². The second-order valence-corrected chi connectivity index (χ2v) is 7.79. The Morgan fingerprint density at radius 3 is 2.36 bits per heavy atom. The van der Waals surface area contributed by atoms with Crippen molar-refractivity contribution in [1.29, 1.82) is 0 Å². The van der Waals surface area contributed by atoms with Gasteiger partial charge in [0.2, 0.25) is 0 Å². The summed E-state index contributed by atoms with van der Waals surface area (Å²) in [5.41, 5.74) is 2.12. The number of carbonyl (C=O) groups excluding carboxylic acids is 1. The molecule has 1 amide bonds. The lowest BCUT2D eigenvalue weighted by molar-refractivity contribution is 0.181. The van der Waals surface area contributed by atoms with E-state index in [1.54, 1.807) is 24.3 Å². The minimum atomic E-state index is -3.71. The molecular formula is C18H20N2O4S. The third-order valence-electron chi connectivity index (χ3n) is 4.05. The Morgan fingerprint density at radius 2 is 1.76 bits per heavy atom. The third kappa shape index (κ3) is 3.61. The second-order valence-electron chi connectivity index (χ2n) is 6.11. The van der Waals surface area contributed by atoms with Crippen LogP contribution in [0, 0.1) is 0 Å². The molecule has 1 aliphatic rings. The summed E-state index contributed by atoms with van der Waals surface area (Å²) in [6, 6.07) is 13.5. The van der Waals surface area contributed by atoms with Crippen LogP contribution in [0.25, 0.3) is 0 Å². The topological polar surface area (TPSA) is 75.7 Å². The van der Waals surface area contributed by atoms with Gasteiger partial charge in [-0.15, -0.1) is 0 Å². The largest absolute Gasteiger partial charge is 0.447 e. The number of anilines is 2. The predicted octanol–water partition coefficient (Wildman–Crippen LogP) is 3.57. The molecule has 2 aromatic carbocycles. The summed E-state index contributed by atoms with van der Waals surface area (Å²) in [7, 11) is -3.71. The fraction of sp³-hybridized carbons (Fsp3) is 0.278. The quantitative estimate of drug-likeness (QED) is 0.884. The number of cyclic esters (lactones) is 1. The maximum atomic E-state index is 12.7. The maximum absolute atomic E-state index is 12.7. The van der Waals surface area contributed by atoms with Gasteiger partial charge in [0.05, 0.1) is 17.1 Å². The van der Waals surface area contributed by atoms with Crippen LogP contribution in [-0.2, 0) is 14.8 Å². The van der Waals surface area contributed by atoms with Crippen molar-refractivity contribution in [3.05, 3.63) is 54.1 Å². The van der Waals surface area contributed by atoms with Crippen LogP contribution in [0.1, 0.15) is 25.3 Å². The van der Waals surface area contributed by atoms with Crippen LogP contribution in [-0.4, -0.2) is 27.7 Å². The number of sulfonamides is 1. The van der Waals surface area contributed by atoms with Crippen molar-refractivity contribution in [3.63, 3.8) is 0 Å². The number of benzene rings is 2. The number of hydrogen-bond donors (Lipinski definition) is 1. The first-order valence-corrected chi connectivity index (χ1v) is 9.53. The molecule has 6 nitrogen and oxygen atoms in total. The van der Waals surface area contributed by atoms with E-state index in [9.17, 15) is 13.2 Å². The molecule has 3 rings (SSSR count). The molecule has 0 spiro atoms. The maximum Gasteiger partial charge on any atom is 0.414 e. The van der Waals surface area contributed by atoms with Gasteiger partial charge < -0.3 is 4.74 Å². The number of nitrogens with one attached hydrogen (secondary N) is 1. The van der Waals surface area contributed by atoms with E-state index < -0.39 is 16.1 Å². The minimum absolute atomic E-state index is 0.141. The van der Waals surface area contributed by atoms with Gasteiger partial charge >= 0.3 is 6.09 Å². The highest BCUT2D eigenvalue weighted by Crippen LogP contribution is 2.27. The molecule has 1 heterocycles. The van der Waals surface area contributed by atoms with Crippen LogP contribution in [0.5, 0.6) is 0 Å². The van der Waals surface area contributed by atoms with Crippen molar-refractivity contribution in [3.8, 4) is 0 Å². The fourth-order valence-corrected chi connectivity index (χ4v) is 3.82. The summed E-state index contributed by atoms with van der Waals surface area (Å²) in [6.07, 6.45) is -0.417. The summed E-state index contributed by atoms with van der Waals surface area (Å²) in [5.74, 6) is 0.197. The molecule has 0 aromatic heterocycles. The van der Waals surface area contributed by atoms with Crippen molar-refractivity contribution < 1.29 is 17.9 Å². The summed E-state index contributed by atoms with van der Waals surface area (Å²) < 4.78 is 32.9. The van der Waals surface area contributed by atoms with Gasteiger partial charge in [0.15, 0.2) is 0 Å². The molecule has 1 saturated heterocycles. The predicted molar refractivity (Wildman–Crippen MR) is 96.5 cm³/mol. The van der Waals surface area contributed by atoms with Crippen LogP contribution in [0.15, 0.2) is 53.4 Å². The molecule has 1 aliphatic heterocycles. The van der Waals surface area contributed by atoms with Gasteiger partial charge in [0.1, 0.15) is 6.61 Å². The summed E-state index contributed by atoms with van der Waals surface area (Å²) in [6.45, 7) is 4.82. The average molecular weight is 360 g/mol. The van der Waals surface area contributed by atoms with Crippen LogP contribution < -0.4 is 9.62 Å². The van der Waals surface area contributed by atoms with Crippen LogP contribution >= 0.6 is 0 Å². The summed E-state index contributed by atoms with van der Waals surface area (Å²) in [4.78, 5) is 13.2. The van der Waals surface area contributed by atoms with E-state index in [0.29, 0.717) is 24.5 Å². The van der Waals surface area contributed by atoms with Crippen LogP contribution in [0.4, 0.5) is 16.2 Å². The average Bonchev–Trinajstić information content (AvgIpc) is 3.01. The number of rotatable bonds is 5. The standard InChI is InChI=1S/C18H20N2O4S/c1-13(2)16-5-3-4-6-17(16)19-25(22,23)15-9-7-14(8-10-15)20-11-12-24-18(20)21/h3-10,13,19H,11-12H2,1-2H3. The van der Waals surface area contributed by atoms with Crippen LogP contribution in [0.2, 0.25) is 0 Å². The first-order chi connectivity index (χ1) is 11.9. The van der Waals surface area contributed by atoms with Gasteiger partial charge in [0.25, 0.3) is 10.0 Å². The van der Waals surface area contributed by atoms with E-state index in [1.165, 1.54) is 17.0 Å². The molecule has 7 heteroatoms. The lowest BCUT2D eigenvalue weighted by Crippen LogP contribution is -2.23. The number of amides is 1.